The van der Waals surface area contributed by atoms with Crippen LogP contribution in [-0.4, -0.2) is 23.7 Å². The van der Waals surface area contributed by atoms with Gasteiger partial charge in [0.2, 0.25) is 0 Å². The lowest BCUT2D eigenvalue weighted by molar-refractivity contribution is 0.0526. The predicted octanol–water partition coefficient (Wildman–Crippen LogP) is 5.30. The molecule has 0 saturated heterocycles. The van der Waals surface area contributed by atoms with Crippen LogP contribution in [-0.2, 0) is 17.6 Å². The summed E-state index contributed by atoms with van der Waals surface area (Å²) in [4.78, 5) is 13.9. The van der Waals surface area contributed by atoms with Crippen molar-refractivity contribution in [3.63, 3.8) is 0 Å². The first-order valence-electron chi connectivity index (χ1n) is 9.63. The molecule has 2 N–H and O–H groups in total. The van der Waals surface area contributed by atoms with Gasteiger partial charge in [-0.05, 0) is 62.7 Å². The highest BCUT2D eigenvalue weighted by Gasteiger charge is 2.26. The van der Waals surface area contributed by atoms with Crippen molar-refractivity contribution in [2.75, 3.05) is 11.9 Å². The van der Waals surface area contributed by atoms with Gasteiger partial charge in [0.25, 0.3) is 0 Å². The van der Waals surface area contributed by atoms with Crippen LogP contribution in [0.1, 0.15) is 81.1 Å². The number of hydrogen-bond acceptors (Lipinski definition) is 4. The molecule has 1 aromatic rings. The first-order valence-corrected chi connectivity index (χ1v) is 10.9. The minimum atomic E-state index is -0.236. The number of anilines is 1. The zero-order valence-corrected chi connectivity index (χ0v) is 18.3. The second-order valence-electron chi connectivity index (χ2n) is 8.03. The molecular formula is C20H32N2O2S2. The molecule has 6 heteroatoms. The number of carbonyl (C=O) groups is 1. The molecule has 0 radical (unpaired) electrons. The Balaban J connectivity index is 2.27. The van der Waals surface area contributed by atoms with Crippen LogP contribution in [0.25, 0.3) is 0 Å². The third-order valence-corrected chi connectivity index (χ3v) is 6.45. The zero-order chi connectivity index (χ0) is 19.3. The number of rotatable bonds is 4. The van der Waals surface area contributed by atoms with Crippen LogP contribution in [0.2, 0.25) is 0 Å². The smallest absolute Gasteiger partial charge is 0.341 e. The molecule has 0 aliphatic heterocycles. The van der Waals surface area contributed by atoms with Gasteiger partial charge in [0.05, 0.1) is 12.2 Å². The quantitative estimate of drug-likeness (QED) is 0.534. The lowest BCUT2D eigenvalue weighted by Crippen LogP contribution is -2.43. The van der Waals surface area contributed by atoms with Gasteiger partial charge in [-0.15, -0.1) is 11.3 Å². The molecular weight excluding hydrogens is 364 g/mol. The Morgan fingerprint density at radius 3 is 2.50 bits per heavy atom. The number of hydrogen-bond donors (Lipinski definition) is 2. The van der Waals surface area contributed by atoms with E-state index in [0.29, 0.717) is 17.3 Å². The number of thiocarbonyl (C=S) groups is 1. The van der Waals surface area contributed by atoms with Gasteiger partial charge in [-0.3, -0.25) is 0 Å². The standard InChI is InChI=1S/C20H32N2O2S2/c1-6-24-18(23)16-14-11-9-7-8-10-12-15(14)26-17(16)22-19(25)21-13(2)20(3,4)5/h13H,6-12H2,1-5H3,(H2,21,22,25). The summed E-state index contributed by atoms with van der Waals surface area (Å²) >= 11 is 7.18. The first kappa shape index (κ1) is 21.2. The monoisotopic (exact) mass is 396 g/mol. The third-order valence-electron chi connectivity index (χ3n) is 5.02. The molecule has 2 rings (SSSR count). The molecule has 26 heavy (non-hydrogen) atoms. The number of ether oxygens (including phenoxy) is 1. The molecule has 0 saturated carbocycles. The van der Waals surface area contributed by atoms with E-state index in [-0.39, 0.29) is 17.4 Å². The molecule has 0 amide bonds. The highest BCUT2D eigenvalue weighted by atomic mass is 32.1. The maximum absolute atomic E-state index is 12.6. The van der Waals surface area contributed by atoms with Crippen LogP contribution in [0.15, 0.2) is 0 Å². The number of aryl methyl sites for hydroxylation is 1. The lowest BCUT2D eigenvalue weighted by Gasteiger charge is -2.29. The fraction of sp³-hybridized carbons (Fsp3) is 0.700. The van der Waals surface area contributed by atoms with E-state index >= 15 is 0 Å². The van der Waals surface area contributed by atoms with Crippen molar-refractivity contribution < 1.29 is 9.53 Å². The van der Waals surface area contributed by atoms with Gasteiger partial charge in [-0.25, -0.2) is 4.79 Å². The average Bonchev–Trinajstić information content (AvgIpc) is 2.83. The fourth-order valence-electron chi connectivity index (χ4n) is 2.98. The number of esters is 1. The van der Waals surface area contributed by atoms with Gasteiger partial charge >= 0.3 is 5.97 Å². The average molecular weight is 397 g/mol. The molecule has 1 aliphatic carbocycles. The molecule has 1 aromatic heterocycles. The van der Waals surface area contributed by atoms with Gasteiger partial charge < -0.3 is 15.4 Å². The van der Waals surface area contributed by atoms with E-state index in [0.717, 1.165) is 24.3 Å². The number of carbonyl (C=O) groups excluding carboxylic acids is 1. The summed E-state index contributed by atoms with van der Waals surface area (Å²) < 4.78 is 5.35. The maximum Gasteiger partial charge on any atom is 0.341 e. The van der Waals surface area contributed by atoms with Crippen molar-refractivity contribution in [1.82, 2.24) is 5.32 Å². The van der Waals surface area contributed by atoms with E-state index in [1.807, 2.05) is 6.92 Å². The van der Waals surface area contributed by atoms with Crippen molar-refractivity contribution in [3.8, 4) is 0 Å². The fourth-order valence-corrected chi connectivity index (χ4v) is 4.60. The molecule has 1 unspecified atom stereocenters. The summed E-state index contributed by atoms with van der Waals surface area (Å²) in [6.45, 7) is 10.9. The zero-order valence-electron chi connectivity index (χ0n) is 16.7. The molecule has 146 valence electrons. The summed E-state index contributed by atoms with van der Waals surface area (Å²) in [7, 11) is 0. The molecule has 0 aromatic carbocycles. The second-order valence-corrected chi connectivity index (χ2v) is 9.54. The largest absolute Gasteiger partial charge is 0.462 e. The Morgan fingerprint density at radius 2 is 1.88 bits per heavy atom. The van der Waals surface area contributed by atoms with Gasteiger partial charge in [0, 0.05) is 10.9 Å². The van der Waals surface area contributed by atoms with Crippen molar-refractivity contribution >= 4 is 39.6 Å². The van der Waals surface area contributed by atoms with Crippen molar-refractivity contribution in [3.05, 3.63) is 16.0 Å². The van der Waals surface area contributed by atoms with E-state index in [1.165, 1.54) is 29.7 Å². The summed E-state index contributed by atoms with van der Waals surface area (Å²) in [5.41, 5.74) is 1.96. The Kier molecular flexibility index (Phi) is 7.47. The van der Waals surface area contributed by atoms with Crippen LogP contribution in [0, 0.1) is 5.41 Å². The highest BCUT2D eigenvalue weighted by molar-refractivity contribution is 7.80. The molecule has 1 aliphatic rings. The number of thiophene rings is 1. The molecule has 0 bridgehead atoms. The van der Waals surface area contributed by atoms with Gasteiger partial charge in [0.1, 0.15) is 5.00 Å². The van der Waals surface area contributed by atoms with Crippen LogP contribution < -0.4 is 10.6 Å². The van der Waals surface area contributed by atoms with Crippen LogP contribution in [0.5, 0.6) is 0 Å². The van der Waals surface area contributed by atoms with Crippen LogP contribution >= 0.6 is 23.6 Å². The minimum absolute atomic E-state index is 0.0975. The SMILES string of the molecule is CCOC(=O)c1c(NC(=S)NC(C)C(C)(C)C)sc2c1CCCCCC2. The molecule has 1 atom stereocenters. The number of fused-ring (bicyclic) bond motifs is 1. The van der Waals surface area contributed by atoms with E-state index in [2.05, 4.69) is 38.3 Å². The summed E-state index contributed by atoms with van der Waals surface area (Å²) in [5.74, 6) is -0.236. The Bertz CT molecular complexity index is 647. The van der Waals surface area contributed by atoms with Crippen molar-refractivity contribution in [2.45, 2.75) is 79.2 Å². The van der Waals surface area contributed by atoms with E-state index < -0.39 is 0 Å². The van der Waals surface area contributed by atoms with Gasteiger partial charge in [-0.1, -0.05) is 33.6 Å². The normalized spacial score (nSPS) is 16.0. The van der Waals surface area contributed by atoms with Crippen molar-refractivity contribution in [1.29, 1.82) is 0 Å². The second kappa shape index (κ2) is 9.18. The summed E-state index contributed by atoms with van der Waals surface area (Å²) in [6, 6.07) is 0.217. The maximum atomic E-state index is 12.6. The summed E-state index contributed by atoms with van der Waals surface area (Å²) in [5, 5.41) is 8.03. The highest BCUT2D eigenvalue weighted by Crippen LogP contribution is 2.37. The van der Waals surface area contributed by atoms with Gasteiger partial charge in [-0.2, -0.15) is 0 Å². The van der Waals surface area contributed by atoms with E-state index in [9.17, 15) is 4.79 Å². The van der Waals surface area contributed by atoms with Crippen LogP contribution in [0.4, 0.5) is 5.00 Å². The lowest BCUT2D eigenvalue weighted by atomic mass is 9.88. The Labute approximate surface area is 167 Å². The summed E-state index contributed by atoms with van der Waals surface area (Å²) in [6.07, 6.45) is 6.77. The molecule has 1 heterocycles. The number of nitrogens with one attached hydrogen (secondary N) is 2. The first-order chi connectivity index (χ1) is 12.2. The van der Waals surface area contributed by atoms with Gasteiger partial charge in [0.15, 0.2) is 5.11 Å². The van der Waals surface area contributed by atoms with E-state index in [1.54, 1.807) is 11.3 Å². The minimum Gasteiger partial charge on any atom is -0.462 e. The third kappa shape index (κ3) is 5.43. The topological polar surface area (TPSA) is 50.4 Å². The van der Waals surface area contributed by atoms with Crippen LogP contribution in [0.3, 0.4) is 0 Å². The Morgan fingerprint density at radius 1 is 1.23 bits per heavy atom. The molecule has 4 nitrogen and oxygen atoms in total. The molecule has 0 fully saturated rings. The predicted molar refractivity (Wildman–Crippen MR) is 114 cm³/mol. The molecule has 0 spiro atoms. The van der Waals surface area contributed by atoms with E-state index in [4.69, 9.17) is 17.0 Å². The van der Waals surface area contributed by atoms with Crippen molar-refractivity contribution in [2.24, 2.45) is 5.41 Å². The Hall–Kier alpha value is -1.14.